The van der Waals surface area contributed by atoms with Crippen LogP contribution < -0.4 is 0 Å². The number of ether oxygens (including phenoxy) is 2. The van der Waals surface area contributed by atoms with Gasteiger partial charge in [-0.25, -0.2) is 9.59 Å². The van der Waals surface area contributed by atoms with E-state index in [0.29, 0.717) is 17.6 Å². The van der Waals surface area contributed by atoms with Gasteiger partial charge in [-0.1, -0.05) is 67.0 Å². The minimum absolute atomic E-state index is 0.0226. The highest BCUT2D eigenvalue weighted by atomic mass is 16.6. The number of carbonyl (C=O) groups is 2. The summed E-state index contributed by atoms with van der Waals surface area (Å²) < 4.78 is 13.0. The van der Waals surface area contributed by atoms with E-state index in [9.17, 15) is 14.7 Å². The molecule has 0 aromatic heterocycles. The zero-order chi connectivity index (χ0) is 38.4. The minimum Gasteiger partial charge on any atom is -0.507 e. The summed E-state index contributed by atoms with van der Waals surface area (Å²) >= 11 is 0. The summed E-state index contributed by atoms with van der Waals surface area (Å²) in [6.07, 6.45) is 4.81. The Morgan fingerprint density at radius 2 is 1.12 bits per heavy atom. The molecule has 7 nitrogen and oxygen atoms in total. The van der Waals surface area contributed by atoms with E-state index in [1.165, 1.54) is 0 Å². The Bertz CT molecular complexity index is 1400. The molecule has 284 valence electrons. The first-order valence-corrected chi connectivity index (χ1v) is 19.1. The molecule has 2 aliphatic rings. The van der Waals surface area contributed by atoms with Gasteiger partial charge in [-0.15, -0.1) is 0 Å². The lowest BCUT2D eigenvalue weighted by Gasteiger charge is -2.54. The summed E-state index contributed by atoms with van der Waals surface area (Å²) in [6, 6.07) is 4.01. The van der Waals surface area contributed by atoms with Crippen LogP contribution in [0.4, 0.5) is 0 Å². The average molecular weight is 697 g/mol. The van der Waals surface area contributed by atoms with Gasteiger partial charge in [-0.3, -0.25) is 9.80 Å². The van der Waals surface area contributed by atoms with Gasteiger partial charge in [-0.2, -0.15) is 0 Å². The van der Waals surface area contributed by atoms with Gasteiger partial charge in [0.25, 0.3) is 0 Å². The highest BCUT2D eigenvalue weighted by molar-refractivity contribution is 6.01. The van der Waals surface area contributed by atoms with Crippen LogP contribution in [0.2, 0.25) is 0 Å². The SMILES string of the molecule is CCCC/C(C(=O)OC1CCC(C)(C)N(C)C1(C)C)=C(\Cc1cc(C(C)(C)C)c(O)c(C(C)(C)C)c1)C(=O)OC1CCC(C)(C)N(C)C1(C)C. The Labute approximate surface area is 305 Å². The van der Waals surface area contributed by atoms with Crippen molar-refractivity contribution >= 4 is 11.9 Å². The lowest BCUT2D eigenvalue weighted by atomic mass is 9.77. The van der Waals surface area contributed by atoms with Crippen molar-refractivity contribution in [3.8, 4) is 5.75 Å². The Morgan fingerprint density at radius 3 is 1.48 bits per heavy atom. The van der Waals surface area contributed by atoms with Crippen LogP contribution in [-0.4, -0.2) is 75.3 Å². The second-order valence-electron chi connectivity index (χ2n) is 19.7. The molecule has 0 radical (unpaired) electrons. The van der Waals surface area contributed by atoms with Crippen LogP contribution >= 0.6 is 0 Å². The van der Waals surface area contributed by atoms with E-state index < -0.39 is 23.0 Å². The highest BCUT2D eigenvalue weighted by Crippen LogP contribution is 2.43. The van der Waals surface area contributed by atoms with Gasteiger partial charge in [0.05, 0.1) is 16.7 Å². The molecule has 2 unspecified atom stereocenters. The van der Waals surface area contributed by atoms with Gasteiger partial charge in [0.1, 0.15) is 18.0 Å². The summed E-state index contributed by atoms with van der Waals surface area (Å²) in [4.78, 5) is 33.8. The summed E-state index contributed by atoms with van der Waals surface area (Å²) in [5.74, 6) is -0.597. The number of likely N-dealkylation sites (tertiary alicyclic amines) is 2. The predicted octanol–water partition coefficient (Wildman–Crippen LogP) is 9.41. The Kier molecular flexibility index (Phi) is 12.2. The molecule has 2 saturated heterocycles. The standard InChI is InChI=1S/C43H72N2O5/c1-18-19-20-29(36(47)49-33-21-23-40(8,9)44(16)42(33,12)13)30(37(48)50-34-22-24-41(10,11)45(17)43(34,14)15)25-28-26-31(38(2,3)4)35(46)32(27-28)39(5,6)7/h26-27,33-34,46H,18-25H2,1-17H3/b30-29-. The molecule has 2 fully saturated rings. The van der Waals surface area contributed by atoms with E-state index in [2.05, 4.69) is 128 Å². The molecule has 50 heavy (non-hydrogen) atoms. The number of nitrogens with zero attached hydrogens (tertiary/aromatic N) is 2. The predicted molar refractivity (Wildman–Crippen MR) is 206 cm³/mol. The number of benzene rings is 1. The van der Waals surface area contributed by atoms with Crippen molar-refractivity contribution in [2.45, 2.75) is 200 Å². The topological polar surface area (TPSA) is 79.3 Å². The fraction of sp³-hybridized carbons (Fsp3) is 0.767. The number of likely N-dealkylation sites (N-methyl/N-ethyl adjacent to an activating group) is 2. The molecular weight excluding hydrogens is 624 g/mol. The van der Waals surface area contributed by atoms with Crippen LogP contribution in [0.5, 0.6) is 5.75 Å². The molecule has 7 heteroatoms. The Balaban J connectivity index is 2.22. The van der Waals surface area contributed by atoms with Crippen molar-refractivity contribution in [2.75, 3.05) is 14.1 Å². The quantitative estimate of drug-likeness (QED) is 0.204. The van der Waals surface area contributed by atoms with Crippen molar-refractivity contribution in [1.29, 1.82) is 0 Å². The lowest BCUT2D eigenvalue weighted by molar-refractivity contribution is -0.166. The third-order valence-electron chi connectivity index (χ3n) is 12.5. The number of unbranched alkanes of at least 4 members (excludes halogenated alkanes) is 1. The largest absolute Gasteiger partial charge is 0.507 e. The van der Waals surface area contributed by atoms with Crippen molar-refractivity contribution in [1.82, 2.24) is 9.80 Å². The fourth-order valence-corrected chi connectivity index (χ4v) is 7.99. The first-order chi connectivity index (χ1) is 22.6. The first kappa shape index (κ1) is 42.0. The number of esters is 2. The number of carbonyl (C=O) groups excluding carboxylic acids is 2. The van der Waals surface area contributed by atoms with Crippen LogP contribution in [-0.2, 0) is 36.3 Å². The number of hydrogen-bond donors (Lipinski definition) is 1. The summed E-state index contributed by atoms with van der Waals surface area (Å²) in [5.41, 5.74) is 1.73. The van der Waals surface area contributed by atoms with Crippen LogP contribution in [0.1, 0.15) is 165 Å². The van der Waals surface area contributed by atoms with Gasteiger partial charge in [-0.05, 0) is 136 Å². The molecule has 0 saturated carbocycles. The number of aromatic hydroxyl groups is 1. The third-order valence-corrected chi connectivity index (χ3v) is 12.5. The molecule has 0 amide bonds. The molecule has 0 aliphatic carbocycles. The number of piperidine rings is 2. The van der Waals surface area contributed by atoms with Gasteiger partial charge < -0.3 is 14.6 Å². The monoisotopic (exact) mass is 697 g/mol. The molecule has 1 N–H and O–H groups in total. The van der Waals surface area contributed by atoms with E-state index in [-0.39, 0.29) is 46.3 Å². The maximum absolute atomic E-state index is 14.7. The second kappa shape index (κ2) is 14.6. The number of phenols is 1. The normalized spacial score (nSPS) is 24.3. The molecule has 0 bridgehead atoms. The second-order valence-corrected chi connectivity index (χ2v) is 19.7. The fourth-order valence-electron chi connectivity index (χ4n) is 7.99. The smallest absolute Gasteiger partial charge is 0.335 e. The van der Waals surface area contributed by atoms with Crippen molar-refractivity contribution in [3.63, 3.8) is 0 Å². The Hall–Kier alpha value is -2.38. The summed E-state index contributed by atoms with van der Waals surface area (Å²) in [7, 11) is 4.20. The number of phenolic OH excluding ortho intramolecular Hbond substituents is 1. The van der Waals surface area contributed by atoms with Crippen LogP contribution in [0.3, 0.4) is 0 Å². The summed E-state index contributed by atoms with van der Waals surface area (Å²) in [5, 5.41) is 11.5. The lowest BCUT2D eigenvalue weighted by Crippen LogP contribution is -2.63. The van der Waals surface area contributed by atoms with Crippen molar-refractivity contribution in [3.05, 3.63) is 40.0 Å². The number of rotatable bonds is 9. The molecule has 0 spiro atoms. The molecular formula is C43H72N2O5. The van der Waals surface area contributed by atoms with Crippen molar-refractivity contribution < 1.29 is 24.2 Å². The molecule has 2 aliphatic heterocycles. The molecule has 2 atom stereocenters. The van der Waals surface area contributed by atoms with Gasteiger partial charge in [0.2, 0.25) is 0 Å². The summed E-state index contributed by atoms with van der Waals surface area (Å²) in [6.45, 7) is 32.1. The van der Waals surface area contributed by atoms with E-state index >= 15 is 0 Å². The maximum atomic E-state index is 14.7. The average Bonchev–Trinajstić information content (AvgIpc) is 2.97. The first-order valence-electron chi connectivity index (χ1n) is 19.1. The molecule has 1 aromatic rings. The molecule has 3 rings (SSSR count). The minimum atomic E-state index is -0.455. The van der Waals surface area contributed by atoms with Crippen LogP contribution in [0, 0.1) is 0 Å². The van der Waals surface area contributed by atoms with E-state index in [4.69, 9.17) is 9.47 Å². The highest BCUT2D eigenvalue weighted by Gasteiger charge is 2.49. The van der Waals surface area contributed by atoms with Crippen molar-refractivity contribution in [2.24, 2.45) is 0 Å². The van der Waals surface area contributed by atoms with Crippen LogP contribution in [0.15, 0.2) is 23.3 Å². The zero-order valence-electron chi connectivity index (χ0n) is 34.9. The zero-order valence-corrected chi connectivity index (χ0v) is 34.9. The molecule has 2 heterocycles. The maximum Gasteiger partial charge on any atom is 0.335 e. The van der Waals surface area contributed by atoms with Gasteiger partial charge in [0, 0.05) is 23.1 Å². The Morgan fingerprint density at radius 1 is 0.740 bits per heavy atom. The van der Waals surface area contributed by atoms with E-state index in [0.717, 1.165) is 55.2 Å². The van der Waals surface area contributed by atoms with Gasteiger partial charge >= 0.3 is 11.9 Å². The van der Waals surface area contributed by atoms with Crippen LogP contribution in [0.25, 0.3) is 0 Å². The van der Waals surface area contributed by atoms with E-state index in [1.54, 1.807) is 0 Å². The van der Waals surface area contributed by atoms with E-state index in [1.807, 2.05) is 12.1 Å². The third kappa shape index (κ3) is 8.80. The molecule has 1 aromatic carbocycles. The van der Waals surface area contributed by atoms with Gasteiger partial charge in [0.15, 0.2) is 0 Å². The number of hydrogen-bond acceptors (Lipinski definition) is 7.